The maximum Gasteiger partial charge on any atom is 0.235 e. The molecule has 1 aliphatic heterocycles. The van der Waals surface area contributed by atoms with Crippen LogP contribution in [0.5, 0.6) is 5.75 Å². The second-order valence-corrected chi connectivity index (χ2v) is 4.87. The predicted octanol–water partition coefficient (Wildman–Crippen LogP) is 1.72. The topological polar surface area (TPSA) is 40.5 Å². The lowest BCUT2D eigenvalue weighted by atomic mass is 10.3. The van der Waals surface area contributed by atoms with Crippen molar-refractivity contribution in [2.75, 3.05) is 13.6 Å². The highest BCUT2D eigenvalue weighted by Crippen LogP contribution is 2.35. The summed E-state index contributed by atoms with van der Waals surface area (Å²) in [6.45, 7) is 0.810. The molecule has 1 atom stereocenters. The molecule has 0 unspecified atom stereocenters. The molecule has 1 aromatic rings. The minimum atomic E-state index is -0.0386. The van der Waals surface area contributed by atoms with Crippen molar-refractivity contribution in [3.05, 3.63) is 24.3 Å². The Hall–Kier alpha value is -1.16. The molecular formula is C11H13NO2S. The van der Waals surface area contributed by atoms with Crippen LogP contribution in [0.25, 0.3) is 0 Å². The van der Waals surface area contributed by atoms with Gasteiger partial charge in [0.1, 0.15) is 5.75 Å². The number of rotatable bonds is 2. The van der Waals surface area contributed by atoms with Crippen LogP contribution in [0.15, 0.2) is 29.2 Å². The van der Waals surface area contributed by atoms with Crippen LogP contribution in [-0.4, -0.2) is 34.8 Å². The van der Waals surface area contributed by atoms with Crippen LogP contribution >= 0.6 is 11.8 Å². The predicted molar refractivity (Wildman–Crippen MR) is 60.0 cm³/mol. The van der Waals surface area contributed by atoms with Gasteiger partial charge in [-0.2, -0.15) is 0 Å². The zero-order valence-corrected chi connectivity index (χ0v) is 9.33. The van der Waals surface area contributed by atoms with Crippen LogP contribution in [0.3, 0.4) is 0 Å². The van der Waals surface area contributed by atoms with Gasteiger partial charge >= 0.3 is 0 Å². The molecule has 1 N–H and O–H groups in total. The Bertz CT molecular complexity index is 381. The summed E-state index contributed by atoms with van der Waals surface area (Å²) in [6, 6.07) is 7.13. The first kappa shape index (κ1) is 10.4. The number of phenols is 1. The third-order valence-corrected chi connectivity index (χ3v) is 3.83. The SMILES string of the molecule is CN1CC[C@H](Sc2ccccc2O)C1=O. The number of benzene rings is 1. The molecule has 80 valence electrons. The molecule has 0 radical (unpaired) electrons. The lowest BCUT2D eigenvalue weighted by molar-refractivity contribution is -0.126. The summed E-state index contributed by atoms with van der Waals surface area (Å²) in [5.41, 5.74) is 0. The molecular weight excluding hydrogens is 210 g/mol. The fourth-order valence-electron chi connectivity index (χ4n) is 1.61. The van der Waals surface area contributed by atoms with Gasteiger partial charge in [-0.25, -0.2) is 0 Å². The van der Waals surface area contributed by atoms with E-state index in [1.165, 1.54) is 11.8 Å². The van der Waals surface area contributed by atoms with Gasteiger partial charge in [0, 0.05) is 18.5 Å². The minimum absolute atomic E-state index is 0.0386. The number of thioether (sulfide) groups is 1. The number of para-hydroxylation sites is 1. The molecule has 1 aromatic carbocycles. The van der Waals surface area contributed by atoms with E-state index in [1.807, 2.05) is 19.2 Å². The van der Waals surface area contributed by atoms with Gasteiger partial charge in [0.15, 0.2) is 0 Å². The molecule has 1 saturated heterocycles. The number of nitrogens with zero attached hydrogens (tertiary/aromatic N) is 1. The fraction of sp³-hybridized carbons (Fsp3) is 0.364. The molecule has 2 rings (SSSR count). The lowest BCUT2D eigenvalue weighted by Gasteiger charge is -2.10. The normalized spacial score (nSPS) is 21.0. The molecule has 0 aromatic heterocycles. The number of carbonyl (C=O) groups excluding carboxylic acids is 1. The zero-order valence-electron chi connectivity index (χ0n) is 8.51. The largest absolute Gasteiger partial charge is 0.507 e. The summed E-state index contributed by atoms with van der Waals surface area (Å²) in [7, 11) is 1.81. The summed E-state index contributed by atoms with van der Waals surface area (Å²) in [5.74, 6) is 0.410. The van der Waals surface area contributed by atoms with Gasteiger partial charge in [0.2, 0.25) is 5.91 Å². The van der Waals surface area contributed by atoms with Crippen molar-refractivity contribution < 1.29 is 9.90 Å². The van der Waals surface area contributed by atoms with Gasteiger partial charge in [-0.3, -0.25) is 4.79 Å². The Morgan fingerprint density at radius 1 is 1.47 bits per heavy atom. The van der Waals surface area contributed by atoms with Gasteiger partial charge in [-0.15, -0.1) is 11.8 Å². The van der Waals surface area contributed by atoms with E-state index in [4.69, 9.17) is 0 Å². The van der Waals surface area contributed by atoms with E-state index in [1.54, 1.807) is 17.0 Å². The van der Waals surface area contributed by atoms with Gasteiger partial charge in [0.25, 0.3) is 0 Å². The second-order valence-electron chi connectivity index (χ2n) is 3.62. The summed E-state index contributed by atoms with van der Waals surface area (Å²) in [4.78, 5) is 14.2. The van der Waals surface area contributed by atoms with Crippen molar-refractivity contribution in [3.63, 3.8) is 0 Å². The van der Waals surface area contributed by atoms with Crippen LogP contribution in [0.2, 0.25) is 0 Å². The van der Waals surface area contributed by atoms with Crippen LogP contribution < -0.4 is 0 Å². The fourth-order valence-corrected chi connectivity index (χ4v) is 2.77. The van der Waals surface area contributed by atoms with Gasteiger partial charge in [0.05, 0.1) is 5.25 Å². The van der Waals surface area contributed by atoms with E-state index >= 15 is 0 Å². The Balaban J connectivity index is 2.10. The number of phenolic OH excluding ortho intramolecular Hbond substituents is 1. The third kappa shape index (κ3) is 2.09. The van der Waals surface area contributed by atoms with Crippen molar-refractivity contribution in [1.29, 1.82) is 0 Å². The van der Waals surface area contributed by atoms with Crippen molar-refractivity contribution in [2.24, 2.45) is 0 Å². The first-order valence-corrected chi connectivity index (χ1v) is 5.76. The quantitative estimate of drug-likeness (QED) is 0.830. The number of carbonyl (C=O) groups is 1. The number of likely N-dealkylation sites (tertiary alicyclic amines) is 1. The van der Waals surface area contributed by atoms with Crippen LogP contribution in [-0.2, 0) is 4.79 Å². The van der Waals surface area contributed by atoms with Gasteiger partial charge in [-0.05, 0) is 18.6 Å². The summed E-state index contributed by atoms with van der Waals surface area (Å²) < 4.78 is 0. The number of aromatic hydroxyl groups is 1. The van der Waals surface area contributed by atoms with Crippen LogP contribution in [0, 0.1) is 0 Å². The van der Waals surface area contributed by atoms with Gasteiger partial charge in [-0.1, -0.05) is 12.1 Å². The molecule has 15 heavy (non-hydrogen) atoms. The maximum atomic E-state index is 11.6. The number of hydrogen-bond donors (Lipinski definition) is 1. The van der Waals surface area contributed by atoms with E-state index in [9.17, 15) is 9.90 Å². The number of amides is 1. The van der Waals surface area contributed by atoms with Crippen LogP contribution in [0.1, 0.15) is 6.42 Å². The molecule has 0 saturated carbocycles. The molecule has 1 aliphatic rings. The van der Waals surface area contributed by atoms with Crippen molar-refractivity contribution in [1.82, 2.24) is 4.90 Å². The first-order chi connectivity index (χ1) is 7.18. The average Bonchev–Trinajstić information content (AvgIpc) is 2.53. The molecule has 4 heteroatoms. The van der Waals surface area contributed by atoms with Crippen molar-refractivity contribution in [3.8, 4) is 5.75 Å². The van der Waals surface area contributed by atoms with Crippen molar-refractivity contribution in [2.45, 2.75) is 16.6 Å². The average molecular weight is 223 g/mol. The Morgan fingerprint density at radius 2 is 2.20 bits per heavy atom. The molecule has 1 amide bonds. The molecule has 0 spiro atoms. The maximum absolute atomic E-state index is 11.6. The summed E-state index contributed by atoms with van der Waals surface area (Å²) >= 11 is 1.45. The van der Waals surface area contributed by atoms with E-state index < -0.39 is 0 Å². The van der Waals surface area contributed by atoms with E-state index in [2.05, 4.69) is 0 Å². The zero-order chi connectivity index (χ0) is 10.8. The highest BCUT2D eigenvalue weighted by Gasteiger charge is 2.30. The van der Waals surface area contributed by atoms with E-state index in [0.29, 0.717) is 0 Å². The van der Waals surface area contributed by atoms with Crippen LogP contribution in [0.4, 0.5) is 0 Å². The van der Waals surface area contributed by atoms with E-state index in [-0.39, 0.29) is 16.9 Å². The van der Waals surface area contributed by atoms with Crippen molar-refractivity contribution >= 4 is 17.7 Å². The molecule has 1 heterocycles. The first-order valence-electron chi connectivity index (χ1n) is 4.88. The Kier molecular flexibility index (Phi) is 2.86. The minimum Gasteiger partial charge on any atom is -0.507 e. The number of hydrogen-bond acceptors (Lipinski definition) is 3. The van der Waals surface area contributed by atoms with E-state index in [0.717, 1.165) is 17.9 Å². The molecule has 0 aliphatic carbocycles. The smallest absolute Gasteiger partial charge is 0.235 e. The molecule has 1 fully saturated rings. The monoisotopic (exact) mass is 223 g/mol. The Morgan fingerprint density at radius 3 is 2.80 bits per heavy atom. The highest BCUT2D eigenvalue weighted by atomic mass is 32.2. The lowest BCUT2D eigenvalue weighted by Crippen LogP contribution is -2.23. The molecule has 0 bridgehead atoms. The second kappa shape index (κ2) is 4.14. The van der Waals surface area contributed by atoms with Gasteiger partial charge < -0.3 is 10.0 Å². The Labute approximate surface area is 93.1 Å². The highest BCUT2D eigenvalue weighted by molar-refractivity contribution is 8.00. The summed E-state index contributed by atoms with van der Waals surface area (Å²) in [6.07, 6.45) is 0.855. The summed E-state index contributed by atoms with van der Waals surface area (Å²) in [5, 5.41) is 9.54. The third-order valence-electron chi connectivity index (χ3n) is 2.51. The molecule has 3 nitrogen and oxygen atoms in total. The standard InChI is InChI=1S/C11H13NO2S/c1-12-7-6-10(11(12)14)15-9-5-3-2-4-8(9)13/h2-5,10,13H,6-7H2,1H3/t10-/m0/s1.